The topological polar surface area (TPSA) is 46.3 Å². The minimum Gasteiger partial charge on any atom is -0.369 e. The average molecular weight is 238 g/mol. The fourth-order valence-electron chi connectivity index (χ4n) is 2.16. The highest BCUT2D eigenvalue weighted by molar-refractivity contribution is 7.09. The largest absolute Gasteiger partial charge is 0.369 e. The second-order valence-electron chi connectivity index (χ2n) is 4.35. The zero-order chi connectivity index (χ0) is 11.4. The van der Waals surface area contributed by atoms with Crippen molar-refractivity contribution in [1.29, 1.82) is 0 Å². The minimum absolute atomic E-state index is 0.109. The van der Waals surface area contributed by atoms with Gasteiger partial charge >= 0.3 is 0 Å². The molecule has 4 heteroatoms. The van der Waals surface area contributed by atoms with Crippen molar-refractivity contribution in [3.05, 3.63) is 22.4 Å². The van der Waals surface area contributed by atoms with Crippen LogP contribution < -0.4 is 5.73 Å². The summed E-state index contributed by atoms with van der Waals surface area (Å²) in [4.78, 5) is 14.9. The van der Waals surface area contributed by atoms with E-state index in [1.165, 1.54) is 4.88 Å². The van der Waals surface area contributed by atoms with E-state index in [-0.39, 0.29) is 11.8 Å². The summed E-state index contributed by atoms with van der Waals surface area (Å²) in [5.74, 6) is -0.0177. The number of nitrogens with zero attached hydrogens (tertiary/aromatic N) is 1. The van der Waals surface area contributed by atoms with Crippen LogP contribution in [0.15, 0.2) is 17.5 Å². The number of hydrogen-bond acceptors (Lipinski definition) is 3. The van der Waals surface area contributed by atoms with E-state index in [1.807, 2.05) is 11.3 Å². The molecule has 0 saturated carbocycles. The molecule has 1 aromatic rings. The number of likely N-dealkylation sites (tertiary alicyclic amines) is 1. The standard InChI is InChI=1S/C12H18N2OS/c13-12(15)10-3-6-14(7-4-10)8-5-11-2-1-9-16-11/h1-2,9-10H,3-8H2,(H2,13,15). The van der Waals surface area contributed by atoms with Crippen LogP contribution >= 0.6 is 11.3 Å². The summed E-state index contributed by atoms with van der Waals surface area (Å²) in [7, 11) is 0. The Morgan fingerprint density at radius 1 is 1.50 bits per heavy atom. The van der Waals surface area contributed by atoms with E-state index in [2.05, 4.69) is 22.4 Å². The second-order valence-corrected chi connectivity index (χ2v) is 5.38. The van der Waals surface area contributed by atoms with Gasteiger partial charge in [-0.1, -0.05) is 6.07 Å². The Labute approximate surface area is 100 Å². The van der Waals surface area contributed by atoms with Crippen molar-refractivity contribution < 1.29 is 4.79 Å². The van der Waals surface area contributed by atoms with E-state index in [4.69, 9.17) is 5.73 Å². The lowest BCUT2D eigenvalue weighted by atomic mass is 9.96. The summed E-state index contributed by atoms with van der Waals surface area (Å²) in [6, 6.07) is 4.28. The Balaban J connectivity index is 1.71. The van der Waals surface area contributed by atoms with Gasteiger partial charge in [0.15, 0.2) is 0 Å². The van der Waals surface area contributed by atoms with Crippen molar-refractivity contribution in [3.8, 4) is 0 Å². The third-order valence-corrected chi connectivity index (χ3v) is 4.18. The van der Waals surface area contributed by atoms with Crippen molar-refractivity contribution >= 4 is 17.2 Å². The first-order valence-electron chi connectivity index (χ1n) is 5.80. The zero-order valence-corrected chi connectivity index (χ0v) is 10.2. The van der Waals surface area contributed by atoms with Gasteiger partial charge in [-0.3, -0.25) is 4.79 Å². The van der Waals surface area contributed by atoms with E-state index < -0.39 is 0 Å². The van der Waals surface area contributed by atoms with Crippen molar-refractivity contribution in [3.63, 3.8) is 0 Å². The first-order valence-corrected chi connectivity index (χ1v) is 6.68. The van der Waals surface area contributed by atoms with Crippen LogP contribution in [0.1, 0.15) is 17.7 Å². The smallest absolute Gasteiger partial charge is 0.220 e. The van der Waals surface area contributed by atoms with Gasteiger partial charge in [0.25, 0.3) is 0 Å². The van der Waals surface area contributed by atoms with Gasteiger partial charge in [0, 0.05) is 17.3 Å². The number of primary amides is 1. The molecule has 2 rings (SSSR count). The Morgan fingerprint density at radius 3 is 2.81 bits per heavy atom. The summed E-state index contributed by atoms with van der Waals surface area (Å²) >= 11 is 1.82. The predicted molar refractivity (Wildman–Crippen MR) is 66.4 cm³/mol. The molecular weight excluding hydrogens is 220 g/mol. The third-order valence-electron chi connectivity index (χ3n) is 3.24. The highest BCUT2D eigenvalue weighted by atomic mass is 32.1. The molecule has 0 unspecified atom stereocenters. The van der Waals surface area contributed by atoms with Crippen LogP contribution in [-0.2, 0) is 11.2 Å². The Bertz CT molecular complexity index is 329. The number of carbonyl (C=O) groups is 1. The lowest BCUT2D eigenvalue weighted by Crippen LogP contribution is -2.39. The van der Waals surface area contributed by atoms with E-state index in [0.29, 0.717) is 0 Å². The van der Waals surface area contributed by atoms with Crippen LogP contribution in [0.5, 0.6) is 0 Å². The van der Waals surface area contributed by atoms with Crippen molar-refractivity contribution in [1.82, 2.24) is 4.90 Å². The summed E-state index contributed by atoms with van der Waals surface area (Å²) in [5, 5.41) is 2.12. The molecule has 1 aliphatic heterocycles. The van der Waals surface area contributed by atoms with Gasteiger partial charge in [0.05, 0.1) is 0 Å². The summed E-state index contributed by atoms with van der Waals surface area (Å²) in [6.45, 7) is 3.13. The second kappa shape index (κ2) is 5.46. The Hall–Kier alpha value is -0.870. The first kappa shape index (κ1) is 11.6. The van der Waals surface area contributed by atoms with Gasteiger partial charge in [0.2, 0.25) is 5.91 Å². The van der Waals surface area contributed by atoms with Crippen molar-refractivity contribution in [2.24, 2.45) is 11.7 Å². The maximum atomic E-state index is 11.0. The first-order chi connectivity index (χ1) is 7.75. The molecule has 0 radical (unpaired) electrons. The van der Waals surface area contributed by atoms with E-state index in [0.717, 1.165) is 38.9 Å². The number of hydrogen-bond donors (Lipinski definition) is 1. The van der Waals surface area contributed by atoms with Gasteiger partial charge in [0.1, 0.15) is 0 Å². The molecule has 0 aromatic carbocycles. The number of piperidine rings is 1. The quantitative estimate of drug-likeness (QED) is 0.864. The van der Waals surface area contributed by atoms with Crippen LogP contribution in [0, 0.1) is 5.92 Å². The molecule has 1 aromatic heterocycles. The third kappa shape index (κ3) is 3.06. The molecule has 2 heterocycles. The van der Waals surface area contributed by atoms with Gasteiger partial charge in [-0.25, -0.2) is 0 Å². The number of nitrogens with two attached hydrogens (primary N) is 1. The van der Waals surface area contributed by atoms with Crippen LogP contribution in [0.25, 0.3) is 0 Å². The predicted octanol–water partition coefficient (Wildman–Crippen LogP) is 1.49. The molecule has 0 aliphatic carbocycles. The van der Waals surface area contributed by atoms with Gasteiger partial charge in [-0.15, -0.1) is 11.3 Å². The number of carbonyl (C=O) groups excluding carboxylic acids is 1. The highest BCUT2D eigenvalue weighted by Crippen LogP contribution is 2.17. The molecule has 88 valence electrons. The van der Waals surface area contributed by atoms with Crippen molar-refractivity contribution in [2.75, 3.05) is 19.6 Å². The lowest BCUT2D eigenvalue weighted by Gasteiger charge is -2.30. The molecule has 1 aliphatic rings. The number of amides is 1. The summed E-state index contributed by atoms with van der Waals surface area (Å²) < 4.78 is 0. The lowest BCUT2D eigenvalue weighted by molar-refractivity contribution is -0.123. The summed E-state index contributed by atoms with van der Waals surface area (Å²) in [5.41, 5.74) is 5.31. The van der Waals surface area contributed by atoms with Crippen molar-refractivity contribution in [2.45, 2.75) is 19.3 Å². The zero-order valence-electron chi connectivity index (χ0n) is 9.39. The average Bonchev–Trinajstić information content (AvgIpc) is 2.80. The molecule has 1 amide bonds. The Morgan fingerprint density at radius 2 is 2.25 bits per heavy atom. The number of rotatable bonds is 4. The molecule has 3 nitrogen and oxygen atoms in total. The van der Waals surface area contributed by atoms with Gasteiger partial charge in [-0.2, -0.15) is 0 Å². The van der Waals surface area contributed by atoms with Crippen LogP contribution in [-0.4, -0.2) is 30.4 Å². The van der Waals surface area contributed by atoms with E-state index in [1.54, 1.807) is 0 Å². The monoisotopic (exact) mass is 238 g/mol. The van der Waals surface area contributed by atoms with Crippen LogP contribution in [0.3, 0.4) is 0 Å². The van der Waals surface area contributed by atoms with Crippen LogP contribution in [0.2, 0.25) is 0 Å². The molecule has 1 saturated heterocycles. The maximum absolute atomic E-state index is 11.0. The molecular formula is C12H18N2OS. The summed E-state index contributed by atoms with van der Waals surface area (Å²) in [6.07, 6.45) is 2.98. The minimum atomic E-state index is -0.127. The SMILES string of the molecule is NC(=O)C1CCN(CCc2cccs2)CC1. The van der Waals surface area contributed by atoms with E-state index in [9.17, 15) is 4.79 Å². The normalized spacial score (nSPS) is 18.8. The highest BCUT2D eigenvalue weighted by Gasteiger charge is 2.22. The Kier molecular flexibility index (Phi) is 3.96. The molecule has 0 atom stereocenters. The molecule has 2 N–H and O–H groups in total. The van der Waals surface area contributed by atoms with E-state index >= 15 is 0 Å². The van der Waals surface area contributed by atoms with Gasteiger partial charge in [-0.05, 0) is 43.8 Å². The van der Waals surface area contributed by atoms with Crippen LogP contribution in [0.4, 0.5) is 0 Å². The van der Waals surface area contributed by atoms with Gasteiger partial charge < -0.3 is 10.6 Å². The fraction of sp³-hybridized carbons (Fsp3) is 0.583. The molecule has 0 bridgehead atoms. The molecule has 16 heavy (non-hydrogen) atoms. The number of thiophene rings is 1. The fourth-order valence-corrected chi connectivity index (χ4v) is 2.86. The maximum Gasteiger partial charge on any atom is 0.220 e. The molecule has 0 spiro atoms. The molecule has 1 fully saturated rings.